The Kier molecular flexibility index (Phi) is 6.97. The van der Waals surface area contributed by atoms with E-state index in [-0.39, 0.29) is 41.0 Å². The smallest absolute Gasteiger partial charge is 0.258 e. The number of morpholine rings is 1. The van der Waals surface area contributed by atoms with E-state index in [1.165, 1.54) is 35.3 Å². The summed E-state index contributed by atoms with van der Waals surface area (Å²) in [6, 6.07) is 10.2. The van der Waals surface area contributed by atoms with Gasteiger partial charge in [0, 0.05) is 30.5 Å². The first-order chi connectivity index (χ1) is 14.5. The summed E-state index contributed by atoms with van der Waals surface area (Å²) in [6.07, 6.45) is 2.26. The van der Waals surface area contributed by atoms with E-state index in [0.29, 0.717) is 18.7 Å². The lowest BCUT2D eigenvalue weighted by Gasteiger charge is -2.24. The molecule has 1 amide bonds. The van der Waals surface area contributed by atoms with Gasteiger partial charge < -0.3 is 15.4 Å². The van der Waals surface area contributed by atoms with Gasteiger partial charge in [-0.2, -0.15) is 10.4 Å². The van der Waals surface area contributed by atoms with Crippen molar-refractivity contribution in [2.45, 2.75) is 6.10 Å². The number of nitrogens with one attached hydrogen (secondary N) is 2. The Morgan fingerprint density at radius 1 is 1.26 bits per heavy atom. The number of nitriles is 1. The van der Waals surface area contributed by atoms with Crippen molar-refractivity contribution in [3.63, 3.8) is 0 Å². The molecular formula is C21H18ClF2N5O2. The molecule has 1 aliphatic heterocycles. The maximum absolute atomic E-state index is 14.5. The highest BCUT2D eigenvalue weighted by atomic mass is 35.5. The molecule has 7 nitrogen and oxygen atoms in total. The summed E-state index contributed by atoms with van der Waals surface area (Å²) < 4.78 is 35.4. The van der Waals surface area contributed by atoms with Gasteiger partial charge in [0.25, 0.3) is 5.91 Å². The predicted octanol–water partition coefficient (Wildman–Crippen LogP) is 3.36. The molecule has 1 saturated heterocycles. The SMILES string of the molecule is Cl.N#Cc1ccc(-n2cc(C(=O)Nc3ccc(C4CNCCO4)c(F)c3)cn2)c(F)c1. The predicted molar refractivity (Wildman–Crippen MR) is 111 cm³/mol. The van der Waals surface area contributed by atoms with Crippen LogP contribution in [-0.4, -0.2) is 35.4 Å². The van der Waals surface area contributed by atoms with Gasteiger partial charge in [-0.05, 0) is 30.3 Å². The Morgan fingerprint density at radius 3 is 2.77 bits per heavy atom. The van der Waals surface area contributed by atoms with Crippen LogP contribution in [0.1, 0.15) is 27.6 Å². The standard InChI is InChI=1S/C21H17F2N5O2.ClH/c22-17-8-15(2-3-16(17)20-11-25-5-6-30-20)27-21(29)14-10-26-28(12-14)19-4-1-13(9-24)7-18(19)23;/h1-4,7-8,10,12,20,25H,5-6,11H2,(H,27,29);1H. The molecule has 1 aromatic heterocycles. The molecule has 1 atom stereocenters. The summed E-state index contributed by atoms with van der Waals surface area (Å²) in [4.78, 5) is 12.5. The van der Waals surface area contributed by atoms with Crippen LogP contribution in [-0.2, 0) is 4.74 Å². The molecule has 0 bridgehead atoms. The first-order valence-corrected chi connectivity index (χ1v) is 9.23. The van der Waals surface area contributed by atoms with Crippen molar-refractivity contribution < 1.29 is 18.3 Å². The zero-order valence-corrected chi connectivity index (χ0v) is 17.0. The molecule has 1 fully saturated rings. The topological polar surface area (TPSA) is 92.0 Å². The second-order valence-electron chi connectivity index (χ2n) is 6.71. The van der Waals surface area contributed by atoms with Crippen LogP contribution in [0.15, 0.2) is 48.8 Å². The third kappa shape index (κ3) is 4.88. The minimum absolute atomic E-state index is 0. The van der Waals surface area contributed by atoms with E-state index in [9.17, 15) is 13.6 Å². The van der Waals surface area contributed by atoms with Gasteiger partial charge in [-0.25, -0.2) is 13.5 Å². The monoisotopic (exact) mass is 445 g/mol. The van der Waals surface area contributed by atoms with Gasteiger partial charge in [0.1, 0.15) is 17.3 Å². The van der Waals surface area contributed by atoms with E-state index in [1.807, 2.05) is 6.07 Å². The van der Waals surface area contributed by atoms with Crippen LogP contribution in [0.2, 0.25) is 0 Å². The van der Waals surface area contributed by atoms with Crippen molar-refractivity contribution in [1.82, 2.24) is 15.1 Å². The van der Waals surface area contributed by atoms with E-state index in [2.05, 4.69) is 15.7 Å². The Bertz CT molecular complexity index is 1140. The second-order valence-corrected chi connectivity index (χ2v) is 6.71. The fourth-order valence-electron chi connectivity index (χ4n) is 3.17. The number of hydrogen-bond donors (Lipinski definition) is 2. The van der Waals surface area contributed by atoms with Crippen LogP contribution in [0, 0.1) is 23.0 Å². The van der Waals surface area contributed by atoms with E-state index in [1.54, 1.807) is 12.1 Å². The number of hydrogen-bond acceptors (Lipinski definition) is 5. The van der Waals surface area contributed by atoms with Crippen molar-refractivity contribution in [1.29, 1.82) is 5.26 Å². The highest BCUT2D eigenvalue weighted by Gasteiger charge is 2.20. The average Bonchev–Trinajstić information content (AvgIpc) is 3.24. The first kappa shape index (κ1) is 22.4. The number of halogens is 3. The maximum atomic E-state index is 14.5. The summed E-state index contributed by atoms with van der Waals surface area (Å²) in [6.45, 7) is 1.76. The molecule has 31 heavy (non-hydrogen) atoms. The van der Waals surface area contributed by atoms with Crippen LogP contribution in [0.3, 0.4) is 0 Å². The molecule has 3 aromatic rings. The lowest BCUT2D eigenvalue weighted by atomic mass is 10.1. The lowest BCUT2D eigenvalue weighted by Crippen LogP contribution is -2.33. The first-order valence-electron chi connectivity index (χ1n) is 9.23. The molecule has 0 radical (unpaired) electrons. The molecule has 160 valence electrons. The van der Waals surface area contributed by atoms with E-state index in [0.717, 1.165) is 12.6 Å². The fraction of sp³-hybridized carbons (Fsp3) is 0.190. The molecule has 4 rings (SSSR count). The van der Waals surface area contributed by atoms with Gasteiger partial charge in [-0.1, -0.05) is 6.07 Å². The highest BCUT2D eigenvalue weighted by molar-refractivity contribution is 6.04. The molecule has 0 saturated carbocycles. The van der Waals surface area contributed by atoms with Gasteiger partial charge >= 0.3 is 0 Å². The average molecular weight is 446 g/mol. The number of ether oxygens (including phenoxy) is 1. The zero-order chi connectivity index (χ0) is 21.1. The second kappa shape index (κ2) is 9.66. The molecule has 2 N–H and O–H groups in total. The number of amides is 1. The number of carbonyl (C=O) groups excluding carboxylic acids is 1. The largest absolute Gasteiger partial charge is 0.371 e. The summed E-state index contributed by atoms with van der Waals surface area (Å²) >= 11 is 0. The Labute approximate surface area is 183 Å². The van der Waals surface area contributed by atoms with Crippen molar-refractivity contribution >= 4 is 24.0 Å². The van der Waals surface area contributed by atoms with Gasteiger partial charge in [0.05, 0.1) is 36.1 Å². The third-order valence-electron chi connectivity index (χ3n) is 4.70. The highest BCUT2D eigenvalue weighted by Crippen LogP contribution is 2.25. The van der Waals surface area contributed by atoms with Crippen molar-refractivity contribution in [2.24, 2.45) is 0 Å². The minimum Gasteiger partial charge on any atom is -0.371 e. The Morgan fingerprint density at radius 2 is 2.10 bits per heavy atom. The molecular weight excluding hydrogens is 428 g/mol. The maximum Gasteiger partial charge on any atom is 0.258 e. The molecule has 10 heteroatoms. The van der Waals surface area contributed by atoms with Gasteiger partial charge in [0.2, 0.25) is 0 Å². The summed E-state index contributed by atoms with van der Waals surface area (Å²) in [5, 5.41) is 18.6. The minimum atomic E-state index is -0.638. The molecule has 2 aromatic carbocycles. The number of nitrogens with zero attached hydrogens (tertiary/aromatic N) is 3. The molecule has 1 unspecified atom stereocenters. The third-order valence-corrected chi connectivity index (χ3v) is 4.70. The van der Waals surface area contributed by atoms with Gasteiger partial charge in [-0.3, -0.25) is 4.79 Å². The van der Waals surface area contributed by atoms with Crippen molar-refractivity contribution in [2.75, 3.05) is 25.0 Å². The lowest BCUT2D eigenvalue weighted by molar-refractivity contribution is 0.0255. The molecule has 1 aliphatic rings. The van der Waals surface area contributed by atoms with Crippen LogP contribution in [0.4, 0.5) is 14.5 Å². The summed E-state index contributed by atoms with van der Waals surface area (Å²) in [5.41, 5.74) is 1.15. The number of carbonyl (C=O) groups is 1. The van der Waals surface area contributed by atoms with Crippen LogP contribution in [0.25, 0.3) is 5.69 Å². The Balaban J connectivity index is 0.00000272. The summed E-state index contributed by atoms with van der Waals surface area (Å²) in [5.74, 6) is -1.63. The van der Waals surface area contributed by atoms with E-state index >= 15 is 0 Å². The molecule has 2 heterocycles. The zero-order valence-electron chi connectivity index (χ0n) is 16.1. The van der Waals surface area contributed by atoms with Crippen molar-refractivity contribution in [3.05, 3.63) is 77.1 Å². The van der Waals surface area contributed by atoms with Crippen LogP contribution >= 0.6 is 12.4 Å². The number of benzene rings is 2. The molecule has 0 aliphatic carbocycles. The van der Waals surface area contributed by atoms with Gasteiger partial charge in [0.15, 0.2) is 0 Å². The van der Waals surface area contributed by atoms with Crippen molar-refractivity contribution in [3.8, 4) is 11.8 Å². The Hall–Kier alpha value is -3.32. The quantitative estimate of drug-likeness (QED) is 0.642. The molecule has 0 spiro atoms. The van der Waals surface area contributed by atoms with E-state index in [4.69, 9.17) is 10.00 Å². The van der Waals surface area contributed by atoms with Crippen LogP contribution < -0.4 is 10.6 Å². The number of anilines is 1. The van der Waals surface area contributed by atoms with Crippen LogP contribution in [0.5, 0.6) is 0 Å². The number of aromatic nitrogens is 2. The fourth-order valence-corrected chi connectivity index (χ4v) is 3.17. The van der Waals surface area contributed by atoms with E-state index < -0.39 is 17.5 Å². The number of rotatable bonds is 4. The summed E-state index contributed by atoms with van der Waals surface area (Å²) in [7, 11) is 0. The van der Waals surface area contributed by atoms with Gasteiger partial charge in [-0.15, -0.1) is 12.4 Å². The normalized spacial score (nSPS) is 15.6.